The molecule has 1 heterocycles. The van der Waals surface area contributed by atoms with Crippen LogP contribution in [0.1, 0.15) is 26.2 Å². The lowest BCUT2D eigenvalue weighted by Gasteiger charge is -2.31. The number of carbonyl (C=O) groups is 1. The van der Waals surface area contributed by atoms with E-state index in [1.54, 1.807) is 0 Å². The summed E-state index contributed by atoms with van der Waals surface area (Å²) < 4.78 is 5.13. The number of nitrogens with one attached hydrogen (secondary N) is 1. The Labute approximate surface area is 66.1 Å². The number of fused-ring (bicyclic) bond motifs is 1. The van der Waals surface area contributed by atoms with Crippen molar-refractivity contribution in [2.24, 2.45) is 5.92 Å². The quantitative estimate of drug-likeness (QED) is 0.572. The van der Waals surface area contributed by atoms with Gasteiger partial charge in [-0.2, -0.15) is 0 Å². The van der Waals surface area contributed by atoms with Crippen LogP contribution in [0.25, 0.3) is 0 Å². The maximum atomic E-state index is 10.9. The number of rotatable bonds is 0. The van der Waals surface area contributed by atoms with Crippen molar-refractivity contribution in [1.29, 1.82) is 0 Å². The third-order valence-electron chi connectivity index (χ3n) is 2.75. The van der Waals surface area contributed by atoms with E-state index in [1.807, 2.05) is 0 Å². The average molecular weight is 155 g/mol. The van der Waals surface area contributed by atoms with Crippen molar-refractivity contribution in [3.8, 4) is 0 Å². The Bertz CT molecular complexity index is 181. The van der Waals surface area contributed by atoms with Crippen molar-refractivity contribution in [2.75, 3.05) is 0 Å². The molecule has 0 aromatic rings. The van der Waals surface area contributed by atoms with Gasteiger partial charge >= 0.3 is 6.09 Å². The summed E-state index contributed by atoms with van der Waals surface area (Å²) in [6.45, 7) is 2.06. The lowest BCUT2D eigenvalue weighted by atomic mass is 9.96. The van der Waals surface area contributed by atoms with E-state index in [1.165, 1.54) is 12.8 Å². The topological polar surface area (TPSA) is 38.3 Å². The molecule has 2 fully saturated rings. The fourth-order valence-electron chi connectivity index (χ4n) is 2.14. The van der Waals surface area contributed by atoms with Gasteiger partial charge in [-0.3, -0.25) is 0 Å². The van der Waals surface area contributed by atoms with E-state index < -0.39 is 0 Å². The Morgan fingerprint density at radius 2 is 2.36 bits per heavy atom. The molecule has 0 spiro atoms. The predicted molar refractivity (Wildman–Crippen MR) is 40.2 cm³/mol. The minimum Gasteiger partial charge on any atom is -0.446 e. The molecular formula is C8H13NO2. The molecular weight excluding hydrogens is 142 g/mol. The fourth-order valence-corrected chi connectivity index (χ4v) is 2.14. The van der Waals surface area contributed by atoms with Crippen LogP contribution in [0.2, 0.25) is 0 Å². The molecule has 1 aliphatic heterocycles. The van der Waals surface area contributed by atoms with Gasteiger partial charge in [-0.1, -0.05) is 0 Å². The van der Waals surface area contributed by atoms with Crippen LogP contribution in [0.15, 0.2) is 0 Å². The van der Waals surface area contributed by atoms with Gasteiger partial charge in [0.1, 0.15) is 6.10 Å². The maximum Gasteiger partial charge on any atom is 0.407 e. The second kappa shape index (κ2) is 2.40. The highest BCUT2D eigenvalue weighted by Crippen LogP contribution is 2.33. The minimum atomic E-state index is -0.236. The van der Waals surface area contributed by atoms with E-state index in [4.69, 9.17) is 4.74 Å². The molecule has 0 aromatic carbocycles. The molecule has 1 amide bonds. The first-order valence-corrected chi connectivity index (χ1v) is 4.24. The lowest BCUT2D eigenvalue weighted by Crippen LogP contribution is -2.48. The Balaban J connectivity index is 2.10. The molecule has 3 heteroatoms. The van der Waals surface area contributed by atoms with Crippen LogP contribution in [-0.2, 0) is 4.74 Å². The van der Waals surface area contributed by atoms with E-state index in [0.717, 1.165) is 6.42 Å². The van der Waals surface area contributed by atoms with E-state index >= 15 is 0 Å². The summed E-state index contributed by atoms with van der Waals surface area (Å²) >= 11 is 0. The van der Waals surface area contributed by atoms with Crippen molar-refractivity contribution in [3.63, 3.8) is 0 Å². The third kappa shape index (κ3) is 1.08. The Morgan fingerprint density at radius 3 is 3.18 bits per heavy atom. The molecule has 1 saturated carbocycles. The maximum absolute atomic E-state index is 10.9. The van der Waals surface area contributed by atoms with Crippen molar-refractivity contribution in [2.45, 2.75) is 38.3 Å². The van der Waals surface area contributed by atoms with E-state index in [2.05, 4.69) is 12.2 Å². The van der Waals surface area contributed by atoms with Crippen LogP contribution >= 0.6 is 0 Å². The summed E-state index contributed by atoms with van der Waals surface area (Å²) in [5, 5.41) is 2.79. The SMILES string of the molecule is C[C@H]1NC(=O)O[C@H]2CCC[C@H]21. The largest absolute Gasteiger partial charge is 0.446 e. The van der Waals surface area contributed by atoms with Crippen LogP contribution < -0.4 is 5.32 Å². The molecule has 1 N–H and O–H groups in total. The predicted octanol–water partition coefficient (Wildman–Crippen LogP) is 1.28. The molecule has 0 unspecified atom stereocenters. The molecule has 1 saturated heterocycles. The second-order valence-corrected chi connectivity index (χ2v) is 3.47. The Kier molecular flexibility index (Phi) is 1.51. The zero-order valence-electron chi connectivity index (χ0n) is 6.67. The highest BCUT2D eigenvalue weighted by Gasteiger charge is 2.38. The molecule has 1 aliphatic carbocycles. The van der Waals surface area contributed by atoms with Gasteiger partial charge in [0.25, 0.3) is 0 Å². The zero-order valence-corrected chi connectivity index (χ0v) is 6.67. The van der Waals surface area contributed by atoms with Crippen molar-refractivity contribution in [1.82, 2.24) is 5.32 Å². The molecule has 3 atom stereocenters. The summed E-state index contributed by atoms with van der Waals surface area (Å²) in [6, 6.07) is 0.309. The second-order valence-electron chi connectivity index (χ2n) is 3.47. The molecule has 0 aromatic heterocycles. The highest BCUT2D eigenvalue weighted by atomic mass is 16.6. The number of hydrogen-bond donors (Lipinski definition) is 1. The first-order chi connectivity index (χ1) is 5.27. The van der Waals surface area contributed by atoms with Gasteiger partial charge in [0.05, 0.1) is 0 Å². The molecule has 11 heavy (non-hydrogen) atoms. The number of alkyl carbamates (subject to hydrolysis) is 1. The number of hydrogen-bond acceptors (Lipinski definition) is 2. The highest BCUT2D eigenvalue weighted by molar-refractivity contribution is 5.68. The van der Waals surface area contributed by atoms with Crippen molar-refractivity contribution < 1.29 is 9.53 Å². The standard InChI is InChI=1S/C8H13NO2/c1-5-6-3-2-4-7(6)11-8(10)9-5/h5-7H,2-4H2,1H3,(H,9,10)/t5-,6+,7+/m1/s1. The van der Waals surface area contributed by atoms with E-state index in [9.17, 15) is 4.79 Å². The minimum absolute atomic E-state index is 0.207. The summed E-state index contributed by atoms with van der Waals surface area (Å²) in [7, 11) is 0. The van der Waals surface area contributed by atoms with Gasteiger partial charge in [-0.05, 0) is 26.2 Å². The Morgan fingerprint density at radius 1 is 1.55 bits per heavy atom. The Hall–Kier alpha value is -0.730. The zero-order chi connectivity index (χ0) is 7.84. The summed E-state index contributed by atoms with van der Waals surface area (Å²) in [6.07, 6.45) is 3.43. The fraction of sp³-hybridized carbons (Fsp3) is 0.875. The van der Waals surface area contributed by atoms with Gasteiger partial charge in [0.2, 0.25) is 0 Å². The number of ether oxygens (including phenoxy) is 1. The first kappa shape index (κ1) is 6.95. The molecule has 0 radical (unpaired) electrons. The summed E-state index contributed by atoms with van der Waals surface area (Å²) in [5.74, 6) is 0.563. The normalized spacial score (nSPS) is 42.6. The van der Waals surface area contributed by atoms with Gasteiger partial charge in [0, 0.05) is 12.0 Å². The molecule has 62 valence electrons. The van der Waals surface area contributed by atoms with E-state index in [0.29, 0.717) is 12.0 Å². The van der Waals surface area contributed by atoms with Crippen molar-refractivity contribution >= 4 is 6.09 Å². The molecule has 2 rings (SSSR count). The van der Waals surface area contributed by atoms with Crippen LogP contribution in [0.4, 0.5) is 4.79 Å². The van der Waals surface area contributed by atoms with E-state index in [-0.39, 0.29) is 12.2 Å². The van der Waals surface area contributed by atoms with Crippen molar-refractivity contribution in [3.05, 3.63) is 0 Å². The third-order valence-corrected chi connectivity index (χ3v) is 2.75. The van der Waals surface area contributed by atoms with Gasteiger partial charge in [-0.15, -0.1) is 0 Å². The number of amides is 1. The monoisotopic (exact) mass is 155 g/mol. The average Bonchev–Trinajstić information content (AvgIpc) is 2.34. The molecule has 2 aliphatic rings. The summed E-state index contributed by atoms with van der Waals surface area (Å²) in [5.41, 5.74) is 0. The van der Waals surface area contributed by atoms with Crippen LogP contribution in [0, 0.1) is 5.92 Å². The lowest BCUT2D eigenvalue weighted by molar-refractivity contribution is 0.0356. The smallest absolute Gasteiger partial charge is 0.407 e. The number of carbonyl (C=O) groups excluding carboxylic acids is 1. The van der Waals surface area contributed by atoms with Gasteiger partial charge < -0.3 is 10.1 Å². The van der Waals surface area contributed by atoms with Gasteiger partial charge in [-0.25, -0.2) is 4.79 Å². The van der Waals surface area contributed by atoms with Gasteiger partial charge in [0.15, 0.2) is 0 Å². The van der Waals surface area contributed by atoms with Crippen LogP contribution in [0.3, 0.4) is 0 Å². The van der Waals surface area contributed by atoms with Crippen LogP contribution in [0.5, 0.6) is 0 Å². The summed E-state index contributed by atoms with van der Waals surface area (Å²) in [4.78, 5) is 10.9. The molecule has 3 nitrogen and oxygen atoms in total. The van der Waals surface area contributed by atoms with Crippen LogP contribution in [-0.4, -0.2) is 18.2 Å². The first-order valence-electron chi connectivity index (χ1n) is 4.24. The molecule has 0 bridgehead atoms.